The molecule has 2 rings (SSSR count). The summed E-state index contributed by atoms with van der Waals surface area (Å²) in [6.07, 6.45) is 0.750. The van der Waals surface area contributed by atoms with Crippen LogP contribution in [0.5, 0.6) is 5.75 Å². The molecule has 0 aliphatic carbocycles. The fourth-order valence-electron chi connectivity index (χ4n) is 2.48. The van der Waals surface area contributed by atoms with Crippen LogP contribution in [-0.2, 0) is 17.8 Å². The van der Waals surface area contributed by atoms with Crippen LogP contribution < -0.4 is 20.7 Å². The molecule has 0 aromatic heterocycles. The summed E-state index contributed by atoms with van der Waals surface area (Å²) in [6.45, 7) is -2.09. The minimum atomic E-state index is -2.89. The summed E-state index contributed by atoms with van der Waals surface area (Å²) in [4.78, 5) is 16.0. The molecule has 0 heterocycles. The quantitative estimate of drug-likeness (QED) is 0.271. The van der Waals surface area contributed by atoms with Gasteiger partial charge in [0.25, 0.3) is 0 Å². The van der Waals surface area contributed by atoms with Gasteiger partial charge in [-0.1, -0.05) is 48.5 Å². The number of guanidine groups is 1. The zero-order chi connectivity index (χ0) is 20.2. The zero-order valence-corrected chi connectivity index (χ0v) is 18.4. The maximum Gasteiger partial charge on any atom is 0.387 e. The molecule has 158 valence electrons. The molecule has 0 spiro atoms. The van der Waals surface area contributed by atoms with Gasteiger partial charge in [-0.15, -0.1) is 24.0 Å². The molecule has 9 heteroatoms. The van der Waals surface area contributed by atoms with Crippen molar-refractivity contribution in [3.05, 3.63) is 65.7 Å². The highest BCUT2D eigenvalue weighted by Crippen LogP contribution is 2.19. The number of alkyl halides is 2. The molecule has 2 aromatic carbocycles. The first kappa shape index (κ1) is 24.6. The number of hydrogen-bond donors (Lipinski definition) is 3. The Kier molecular flexibility index (Phi) is 11.6. The number of rotatable bonds is 9. The van der Waals surface area contributed by atoms with Crippen molar-refractivity contribution in [1.82, 2.24) is 16.0 Å². The molecule has 0 bridgehead atoms. The Hall–Kier alpha value is -2.43. The Morgan fingerprint density at radius 3 is 2.41 bits per heavy atom. The predicted molar refractivity (Wildman–Crippen MR) is 120 cm³/mol. The van der Waals surface area contributed by atoms with E-state index in [2.05, 4.69) is 25.7 Å². The average molecular weight is 518 g/mol. The van der Waals surface area contributed by atoms with Crippen LogP contribution in [0.4, 0.5) is 8.78 Å². The number of ether oxygens (including phenoxy) is 1. The number of benzene rings is 2. The molecule has 0 aliphatic rings. The summed E-state index contributed by atoms with van der Waals surface area (Å²) >= 11 is 0. The average Bonchev–Trinajstić information content (AvgIpc) is 2.69. The van der Waals surface area contributed by atoms with Crippen LogP contribution in [-0.4, -0.2) is 38.6 Å². The molecule has 6 nitrogen and oxygen atoms in total. The highest BCUT2D eigenvalue weighted by molar-refractivity contribution is 14.0. The number of carbonyl (C=O) groups excluding carboxylic acids is 1. The third-order valence-corrected chi connectivity index (χ3v) is 3.85. The Balaban J connectivity index is 0.00000420. The lowest BCUT2D eigenvalue weighted by Crippen LogP contribution is -2.43. The normalized spacial score (nSPS) is 10.8. The van der Waals surface area contributed by atoms with Crippen molar-refractivity contribution in [3.63, 3.8) is 0 Å². The summed E-state index contributed by atoms with van der Waals surface area (Å²) in [5, 5.41) is 8.68. The van der Waals surface area contributed by atoms with E-state index in [1.165, 1.54) is 6.07 Å². The number of nitrogens with one attached hydrogen (secondary N) is 3. The van der Waals surface area contributed by atoms with Gasteiger partial charge in [0, 0.05) is 25.7 Å². The summed E-state index contributed by atoms with van der Waals surface area (Å²) in [7, 11) is 1.56. The van der Waals surface area contributed by atoms with E-state index < -0.39 is 6.61 Å². The summed E-state index contributed by atoms with van der Waals surface area (Å²) in [5.74, 6) is 0.310. The van der Waals surface area contributed by atoms with Crippen LogP contribution in [0.2, 0.25) is 0 Å². The van der Waals surface area contributed by atoms with E-state index >= 15 is 0 Å². The molecular formula is C20H25F2IN4O2. The molecule has 0 radical (unpaired) electrons. The van der Waals surface area contributed by atoms with Gasteiger partial charge >= 0.3 is 6.61 Å². The highest BCUT2D eigenvalue weighted by atomic mass is 127. The Morgan fingerprint density at radius 1 is 1.03 bits per heavy atom. The smallest absolute Gasteiger partial charge is 0.387 e. The molecule has 2 aromatic rings. The van der Waals surface area contributed by atoms with Crippen molar-refractivity contribution in [2.75, 3.05) is 20.1 Å². The van der Waals surface area contributed by atoms with E-state index in [-0.39, 0.29) is 48.7 Å². The second-order valence-corrected chi connectivity index (χ2v) is 5.85. The van der Waals surface area contributed by atoms with E-state index in [1.54, 1.807) is 25.2 Å². The van der Waals surface area contributed by atoms with Gasteiger partial charge in [-0.05, 0) is 18.1 Å². The third-order valence-electron chi connectivity index (χ3n) is 3.85. The number of hydrogen-bond acceptors (Lipinski definition) is 3. The van der Waals surface area contributed by atoms with E-state index in [9.17, 15) is 13.6 Å². The van der Waals surface area contributed by atoms with Crippen molar-refractivity contribution in [1.29, 1.82) is 0 Å². The van der Waals surface area contributed by atoms with Crippen LogP contribution in [0.1, 0.15) is 11.1 Å². The summed E-state index contributed by atoms with van der Waals surface area (Å²) in [6, 6.07) is 16.4. The standard InChI is InChI=1S/C20H24F2N4O2.HI/c1-23-20(25-13-16-9-5-6-10-17(16)28-19(21)22)26-14-18(27)24-12-11-15-7-3-2-4-8-15;/h2-10,19H,11-14H2,1H3,(H,24,27)(H2,23,25,26);1H. The lowest BCUT2D eigenvalue weighted by Gasteiger charge is -2.14. The molecule has 0 fully saturated rings. The van der Waals surface area contributed by atoms with Crippen molar-refractivity contribution in [2.45, 2.75) is 19.6 Å². The number of halogens is 3. The molecule has 0 saturated heterocycles. The van der Waals surface area contributed by atoms with Gasteiger partial charge < -0.3 is 20.7 Å². The largest absolute Gasteiger partial charge is 0.434 e. The molecule has 0 unspecified atom stereocenters. The maximum absolute atomic E-state index is 12.5. The van der Waals surface area contributed by atoms with Gasteiger partial charge in [-0.2, -0.15) is 8.78 Å². The monoisotopic (exact) mass is 518 g/mol. The van der Waals surface area contributed by atoms with Crippen molar-refractivity contribution >= 4 is 35.8 Å². The molecule has 0 saturated carbocycles. The van der Waals surface area contributed by atoms with E-state index in [0.717, 1.165) is 12.0 Å². The third kappa shape index (κ3) is 9.55. The minimum Gasteiger partial charge on any atom is -0.434 e. The van der Waals surface area contributed by atoms with Gasteiger partial charge in [0.1, 0.15) is 5.75 Å². The number of para-hydroxylation sites is 1. The topological polar surface area (TPSA) is 74.8 Å². The number of aliphatic imine (C=N–C) groups is 1. The van der Waals surface area contributed by atoms with Gasteiger partial charge in [0.15, 0.2) is 5.96 Å². The fourth-order valence-corrected chi connectivity index (χ4v) is 2.48. The Labute approximate surface area is 186 Å². The summed E-state index contributed by atoms with van der Waals surface area (Å²) in [5.41, 5.74) is 1.70. The maximum atomic E-state index is 12.5. The second-order valence-electron chi connectivity index (χ2n) is 5.85. The van der Waals surface area contributed by atoms with Crippen LogP contribution in [0, 0.1) is 0 Å². The lowest BCUT2D eigenvalue weighted by molar-refractivity contribution is -0.119. The van der Waals surface area contributed by atoms with Crippen molar-refractivity contribution in [3.8, 4) is 5.75 Å². The fraction of sp³-hybridized carbons (Fsp3) is 0.300. The van der Waals surface area contributed by atoms with Crippen LogP contribution in [0.15, 0.2) is 59.6 Å². The molecule has 0 atom stereocenters. The van der Waals surface area contributed by atoms with E-state index in [4.69, 9.17) is 0 Å². The molecular weight excluding hydrogens is 493 g/mol. The van der Waals surface area contributed by atoms with Crippen LogP contribution in [0.3, 0.4) is 0 Å². The van der Waals surface area contributed by atoms with E-state index in [1.807, 2.05) is 30.3 Å². The minimum absolute atomic E-state index is 0. The molecule has 3 N–H and O–H groups in total. The summed E-state index contributed by atoms with van der Waals surface area (Å²) < 4.78 is 29.4. The van der Waals surface area contributed by atoms with Crippen molar-refractivity contribution < 1.29 is 18.3 Å². The van der Waals surface area contributed by atoms with Gasteiger partial charge in [-0.25, -0.2) is 0 Å². The Bertz CT molecular complexity index is 776. The zero-order valence-electron chi connectivity index (χ0n) is 16.0. The van der Waals surface area contributed by atoms with Gasteiger partial charge in [0.05, 0.1) is 6.54 Å². The van der Waals surface area contributed by atoms with Gasteiger partial charge in [-0.3, -0.25) is 9.79 Å². The highest BCUT2D eigenvalue weighted by Gasteiger charge is 2.10. The molecule has 29 heavy (non-hydrogen) atoms. The first-order valence-electron chi connectivity index (χ1n) is 8.86. The first-order chi connectivity index (χ1) is 13.6. The number of nitrogens with zero attached hydrogens (tertiary/aromatic N) is 1. The lowest BCUT2D eigenvalue weighted by atomic mass is 10.1. The molecule has 0 aliphatic heterocycles. The SMILES string of the molecule is CN=C(NCC(=O)NCCc1ccccc1)NCc1ccccc1OC(F)F.I. The van der Waals surface area contributed by atoms with E-state index in [0.29, 0.717) is 18.1 Å². The number of carbonyl (C=O) groups is 1. The Morgan fingerprint density at radius 2 is 1.72 bits per heavy atom. The van der Waals surface area contributed by atoms with Gasteiger partial charge in [0.2, 0.25) is 5.91 Å². The predicted octanol–water partition coefficient (Wildman–Crippen LogP) is 2.93. The van der Waals surface area contributed by atoms with Crippen LogP contribution in [0.25, 0.3) is 0 Å². The molecule has 1 amide bonds. The van der Waals surface area contributed by atoms with Crippen molar-refractivity contribution in [2.24, 2.45) is 4.99 Å². The first-order valence-corrected chi connectivity index (χ1v) is 8.86. The second kappa shape index (κ2) is 13.7. The van der Waals surface area contributed by atoms with Crippen LogP contribution >= 0.6 is 24.0 Å². The number of amides is 1.